The highest BCUT2D eigenvalue weighted by atomic mass is 16.5. The number of aromatic nitrogens is 1. The molecule has 1 aromatic carbocycles. The summed E-state index contributed by atoms with van der Waals surface area (Å²) in [7, 11) is 1.93. The Bertz CT molecular complexity index is 453. The Morgan fingerprint density at radius 3 is 2.76 bits per heavy atom. The monoisotopic (exact) mass is 232 g/mol. The van der Waals surface area contributed by atoms with Crippen LogP contribution in [0, 0.1) is 0 Å². The fourth-order valence-electron chi connectivity index (χ4n) is 1.65. The summed E-state index contributed by atoms with van der Waals surface area (Å²) in [5, 5.41) is 12.8. The van der Waals surface area contributed by atoms with Crippen molar-refractivity contribution in [3.63, 3.8) is 0 Å². The molecule has 1 aromatic heterocycles. The third-order valence-electron chi connectivity index (χ3n) is 2.54. The van der Waals surface area contributed by atoms with Gasteiger partial charge >= 0.3 is 0 Å². The molecule has 90 valence electrons. The number of aliphatic hydroxyl groups excluding tert-OH is 1. The Morgan fingerprint density at radius 1 is 1.29 bits per heavy atom. The largest absolute Gasteiger partial charge is 0.395 e. The quantitative estimate of drug-likeness (QED) is 0.853. The normalized spacial score (nSPS) is 11.0. The molecule has 0 saturated carbocycles. The molecule has 2 rings (SSSR count). The lowest BCUT2D eigenvalue weighted by atomic mass is 10.1. The summed E-state index contributed by atoms with van der Waals surface area (Å²) in [6, 6.07) is 11.9. The Balaban J connectivity index is 2.06. The van der Waals surface area contributed by atoms with E-state index in [-0.39, 0.29) is 6.61 Å². The third kappa shape index (κ3) is 3.15. The Kier molecular flexibility index (Phi) is 3.90. The first-order valence-electron chi connectivity index (χ1n) is 5.60. The second kappa shape index (κ2) is 5.61. The maximum atomic E-state index is 8.81. The predicted molar refractivity (Wildman–Crippen MR) is 65.4 cm³/mol. The van der Waals surface area contributed by atoms with Crippen LogP contribution in [0.5, 0.6) is 0 Å². The molecular formula is C13H16N2O2. The van der Waals surface area contributed by atoms with E-state index < -0.39 is 0 Å². The summed E-state index contributed by atoms with van der Waals surface area (Å²) in [6.07, 6.45) is 0. The van der Waals surface area contributed by atoms with E-state index in [1.165, 1.54) is 0 Å². The number of hydrogen-bond acceptors (Lipinski definition) is 4. The third-order valence-corrected chi connectivity index (χ3v) is 2.54. The molecule has 0 aliphatic heterocycles. The molecule has 0 amide bonds. The summed E-state index contributed by atoms with van der Waals surface area (Å²) in [5.74, 6) is 0.805. The van der Waals surface area contributed by atoms with E-state index in [0.717, 1.165) is 17.0 Å². The van der Waals surface area contributed by atoms with E-state index in [1.807, 2.05) is 48.3 Å². The van der Waals surface area contributed by atoms with Gasteiger partial charge in [-0.1, -0.05) is 35.5 Å². The van der Waals surface area contributed by atoms with E-state index in [0.29, 0.717) is 13.1 Å². The fourth-order valence-corrected chi connectivity index (χ4v) is 1.65. The van der Waals surface area contributed by atoms with Gasteiger partial charge in [0.2, 0.25) is 0 Å². The van der Waals surface area contributed by atoms with E-state index in [9.17, 15) is 0 Å². The average molecular weight is 232 g/mol. The first-order chi connectivity index (χ1) is 8.29. The van der Waals surface area contributed by atoms with Crippen LogP contribution in [0.4, 0.5) is 0 Å². The van der Waals surface area contributed by atoms with Crippen molar-refractivity contribution in [1.82, 2.24) is 10.1 Å². The molecule has 0 atom stereocenters. The molecule has 0 saturated heterocycles. The van der Waals surface area contributed by atoms with Crippen LogP contribution < -0.4 is 0 Å². The van der Waals surface area contributed by atoms with Gasteiger partial charge in [0.1, 0.15) is 5.69 Å². The van der Waals surface area contributed by atoms with Gasteiger partial charge in [-0.05, 0) is 7.05 Å². The van der Waals surface area contributed by atoms with Crippen molar-refractivity contribution in [2.45, 2.75) is 6.54 Å². The van der Waals surface area contributed by atoms with Crippen molar-refractivity contribution in [1.29, 1.82) is 0 Å². The molecule has 17 heavy (non-hydrogen) atoms. The van der Waals surface area contributed by atoms with Crippen molar-refractivity contribution < 1.29 is 9.63 Å². The predicted octanol–water partition coefficient (Wildman–Crippen LogP) is 1.77. The van der Waals surface area contributed by atoms with Crippen LogP contribution in [0.15, 0.2) is 40.9 Å². The van der Waals surface area contributed by atoms with Crippen LogP contribution in [-0.4, -0.2) is 35.4 Å². The van der Waals surface area contributed by atoms with Gasteiger partial charge in [-0.2, -0.15) is 0 Å². The Morgan fingerprint density at radius 2 is 2.06 bits per heavy atom. The zero-order chi connectivity index (χ0) is 12.1. The SMILES string of the molecule is CN(CCO)Cc1cc(-c2ccccc2)no1. The molecule has 1 N–H and O–H groups in total. The first-order valence-corrected chi connectivity index (χ1v) is 5.60. The van der Waals surface area contributed by atoms with Gasteiger partial charge in [-0.15, -0.1) is 0 Å². The van der Waals surface area contributed by atoms with Crippen LogP contribution in [0.3, 0.4) is 0 Å². The van der Waals surface area contributed by atoms with Gasteiger partial charge in [0, 0.05) is 18.2 Å². The minimum atomic E-state index is 0.149. The molecule has 0 spiro atoms. The number of hydrogen-bond donors (Lipinski definition) is 1. The summed E-state index contributed by atoms with van der Waals surface area (Å²) >= 11 is 0. The highest BCUT2D eigenvalue weighted by Crippen LogP contribution is 2.18. The Labute approximate surface area is 100 Å². The number of rotatable bonds is 5. The molecule has 0 bridgehead atoms. The van der Waals surface area contributed by atoms with E-state index in [1.54, 1.807) is 0 Å². The molecule has 4 nitrogen and oxygen atoms in total. The molecule has 0 aliphatic rings. The number of nitrogens with zero attached hydrogens (tertiary/aromatic N) is 2. The molecule has 0 aliphatic carbocycles. The number of likely N-dealkylation sites (N-methyl/N-ethyl adjacent to an activating group) is 1. The summed E-state index contributed by atoms with van der Waals surface area (Å²) in [5.41, 5.74) is 1.89. The standard InChI is InChI=1S/C13H16N2O2/c1-15(7-8-16)10-12-9-13(14-17-12)11-5-3-2-4-6-11/h2-6,9,16H,7-8,10H2,1H3. The van der Waals surface area contributed by atoms with Gasteiger partial charge in [-0.3, -0.25) is 4.90 Å². The summed E-state index contributed by atoms with van der Waals surface area (Å²) in [4.78, 5) is 1.98. The lowest BCUT2D eigenvalue weighted by molar-refractivity contribution is 0.203. The topological polar surface area (TPSA) is 49.5 Å². The van der Waals surface area contributed by atoms with Crippen LogP contribution in [0.2, 0.25) is 0 Å². The van der Waals surface area contributed by atoms with Crippen molar-refractivity contribution in [3.8, 4) is 11.3 Å². The smallest absolute Gasteiger partial charge is 0.151 e. The van der Waals surface area contributed by atoms with Crippen LogP contribution in [0.25, 0.3) is 11.3 Å². The van der Waals surface area contributed by atoms with Gasteiger partial charge in [0.15, 0.2) is 5.76 Å². The zero-order valence-electron chi connectivity index (χ0n) is 9.84. The number of benzene rings is 1. The minimum absolute atomic E-state index is 0.149. The van der Waals surface area contributed by atoms with Crippen LogP contribution in [-0.2, 0) is 6.54 Å². The number of aliphatic hydroxyl groups is 1. The van der Waals surface area contributed by atoms with Gasteiger partial charge in [0.05, 0.1) is 13.2 Å². The first kappa shape index (κ1) is 11.8. The second-order valence-electron chi connectivity index (χ2n) is 4.01. The van der Waals surface area contributed by atoms with E-state index in [4.69, 9.17) is 9.63 Å². The van der Waals surface area contributed by atoms with Crippen molar-refractivity contribution >= 4 is 0 Å². The lowest BCUT2D eigenvalue weighted by Gasteiger charge is -2.11. The van der Waals surface area contributed by atoms with Gasteiger partial charge in [-0.25, -0.2) is 0 Å². The molecular weight excluding hydrogens is 216 g/mol. The summed E-state index contributed by atoms with van der Waals surface area (Å²) < 4.78 is 5.26. The van der Waals surface area contributed by atoms with Crippen molar-refractivity contribution in [3.05, 3.63) is 42.2 Å². The average Bonchev–Trinajstić information content (AvgIpc) is 2.79. The van der Waals surface area contributed by atoms with Crippen molar-refractivity contribution in [2.24, 2.45) is 0 Å². The maximum absolute atomic E-state index is 8.81. The van der Waals surface area contributed by atoms with E-state index in [2.05, 4.69) is 5.16 Å². The second-order valence-corrected chi connectivity index (χ2v) is 4.01. The van der Waals surface area contributed by atoms with Crippen LogP contribution in [0.1, 0.15) is 5.76 Å². The summed E-state index contributed by atoms with van der Waals surface area (Å²) in [6.45, 7) is 1.43. The van der Waals surface area contributed by atoms with Crippen molar-refractivity contribution in [2.75, 3.05) is 20.2 Å². The molecule has 0 unspecified atom stereocenters. The highest BCUT2D eigenvalue weighted by Gasteiger charge is 2.08. The van der Waals surface area contributed by atoms with Gasteiger partial charge in [0.25, 0.3) is 0 Å². The lowest BCUT2D eigenvalue weighted by Crippen LogP contribution is -2.21. The van der Waals surface area contributed by atoms with Crippen LogP contribution >= 0.6 is 0 Å². The molecule has 0 radical (unpaired) electrons. The highest BCUT2D eigenvalue weighted by molar-refractivity contribution is 5.58. The fraction of sp³-hybridized carbons (Fsp3) is 0.308. The molecule has 1 heterocycles. The molecule has 2 aromatic rings. The minimum Gasteiger partial charge on any atom is -0.395 e. The Hall–Kier alpha value is -1.65. The van der Waals surface area contributed by atoms with E-state index >= 15 is 0 Å². The molecule has 0 fully saturated rings. The maximum Gasteiger partial charge on any atom is 0.151 e. The molecule has 4 heteroatoms. The van der Waals surface area contributed by atoms with Gasteiger partial charge < -0.3 is 9.63 Å². The zero-order valence-corrected chi connectivity index (χ0v) is 9.84.